The van der Waals surface area contributed by atoms with Crippen molar-refractivity contribution in [2.75, 3.05) is 23.8 Å². The molecule has 0 saturated heterocycles. The van der Waals surface area contributed by atoms with Gasteiger partial charge < -0.3 is 10.6 Å². The van der Waals surface area contributed by atoms with Crippen molar-refractivity contribution in [3.63, 3.8) is 0 Å². The van der Waals surface area contributed by atoms with Gasteiger partial charge in [-0.15, -0.1) is 0 Å². The van der Waals surface area contributed by atoms with Crippen LogP contribution in [-0.2, 0) is 9.68 Å². The van der Waals surface area contributed by atoms with Crippen LogP contribution in [0.4, 0.5) is 49.1 Å². The van der Waals surface area contributed by atoms with E-state index in [0.29, 0.717) is 48.6 Å². The predicted molar refractivity (Wildman–Crippen MR) is 199 cm³/mol. The highest BCUT2D eigenvalue weighted by Crippen LogP contribution is 2.33. The van der Waals surface area contributed by atoms with Gasteiger partial charge in [-0.25, -0.2) is 37.3 Å². The molecule has 0 atom stereocenters. The highest BCUT2D eigenvalue weighted by molar-refractivity contribution is 14.1. The molecular weight excluding hydrogens is 920 g/mol. The normalized spacial score (nSPS) is 13.6. The molecule has 0 aliphatic heterocycles. The lowest BCUT2D eigenvalue weighted by Crippen LogP contribution is -2.26. The van der Waals surface area contributed by atoms with Crippen LogP contribution in [-0.4, -0.2) is 25.0 Å². The van der Waals surface area contributed by atoms with E-state index in [1.54, 1.807) is 38.1 Å². The van der Waals surface area contributed by atoms with Gasteiger partial charge in [-0.1, -0.05) is 0 Å². The second-order valence-corrected chi connectivity index (χ2v) is 14.8. The zero-order valence-electron chi connectivity index (χ0n) is 27.7. The fraction of sp³-hybridized carbons (Fsp3) is 0.278. The lowest BCUT2D eigenvalue weighted by Gasteiger charge is -2.16. The minimum Gasteiger partial charge on any atom is -0.352 e. The molecule has 16 heteroatoms. The van der Waals surface area contributed by atoms with E-state index in [-0.39, 0.29) is 11.1 Å². The Morgan fingerprint density at radius 3 is 1.31 bits per heavy atom. The number of aryl methyl sites for hydroxylation is 2. The molecule has 0 spiro atoms. The summed E-state index contributed by atoms with van der Waals surface area (Å²) in [6, 6.07) is 11.8. The molecule has 52 heavy (non-hydrogen) atoms. The Labute approximate surface area is 322 Å². The molecule has 0 aromatic heterocycles. The molecule has 4 N–H and O–H groups in total. The third kappa shape index (κ3) is 10.3. The van der Waals surface area contributed by atoms with Crippen molar-refractivity contribution in [3.05, 3.63) is 113 Å². The SMILES string of the molecule is Cc1cc(I)ccc1Nc1c(C(=O)NOCC2CC2)cc(F)c(F)c1F.Cc1cc(I)ccc1Nc1c(C(=O)NOCC2CC2)cc(F)c(F)c1F. The van der Waals surface area contributed by atoms with Gasteiger partial charge in [-0.3, -0.25) is 19.3 Å². The number of carbonyl (C=O) groups is 2. The average Bonchev–Trinajstić information content (AvgIpc) is 4.04. The zero-order valence-corrected chi connectivity index (χ0v) is 32.0. The number of hydrogen-bond acceptors (Lipinski definition) is 6. The first-order valence-electron chi connectivity index (χ1n) is 16.0. The van der Waals surface area contributed by atoms with Crippen LogP contribution < -0.4 is 21.6 Å². The Balaban J connectivity index is 0.000000201. The zero-order chi connectivity index (χ0) is 37.7. The summed E-state index contributed by atoms with van der Waals surface area (Å²) >= 11 is 4.24. The summed E-state index contributed by atoms with van der Waals surface area (Å²) in [6.45, 7) is 4.22. The van der Waals surface area contributed by atoms with Crippen LogP contribution in [0.2, 0.25) is 0 Å². The molecule has 4 aromatic rings. The molecule has 2 amide bonds. The van der Waals surface area contributed by atoms with Crippen LogP contribution in [0, 0.1) is 67.7 Å². The molecule has 2 aliphatic carbocycles. The summed E-state index contributed by atoms with van der Waals surface area (Å²) in [5.41, 5.74) is 5.14. The van der Waals surface area contributed by atoms with E-state index in [2.05, 4.69) is 66.8 Å². The van der Waals surface area contributed by atoms with E-state index in [1.807, 2.05) is 12.1 Å². The molecule has 4 aromatic carbocycles. The lowest BCUT2D eigenvalue weighted by molar-refractivity contribution is 0.0268. The van der Waals surface area contributed by atoms with Crippen LogP contribution in [0.1, 0.15) is 57.5 Å². The maximum absolute atomic E-state index is 14.3. The first kappa shape index (κ1) is 39.6. The van der Waals surface area contributed by atoms with Crippen molar-refractivity contribution in [3.8, 4) is 0 Å². The third-order valence-corrected chi connectivity index (χ3v) is 9.41. The molecule has 8 nitrogen and oxygen atoms in total. The van der Waals surface area contributed by atoms with Gasteiger partial charge in [0.25, 0.3) is 11.8 Å². The molecule has 2 aliphatic rings. The largest absolute Gasteiger partial charge is 0.352 e. The second kappa shape index (κ2) is 17.5. The number of amides is 2. The number of rotatable bonds is 12. The number of benzene rings is 4. The van der Waals surface area contributed by atoms with Gasteiger partial charge in [-0.2, -0.15) is 0 Å². The molecule has 0 unspecified atom stereocenters. The van der Waals surface area contributed by atoms with Crippen molar-refractivity contribution in [2.45, 2.75) is 39.5 Å². The van der Waals surface area contributed by atoms with Gasteiger partial charge in [0.2, 0.25) is 0 Å². The summed E-state index contributed by atoms with van der Waals surface area (Å²) in [5.74, 6) is -10.0. The van der Waals surface area contributed by atoms with E-state index in [0.717, 1.165) is 44.0 Å². The molecule has 0 heterocycles. The van der Waals surface area contributed by atoms with Crippen LogP contribution >= 0.6 is 45.2 Å². The fourth-order valence-electron chi connectivity index (χ4n) is 4.73. The van der Waals surface area contributed by atoms with Gasteiger partial charge in [0.1, 0.15) is 0 Å². The topological polar surface area (TPSA) is 101 Å². The molecular formula is C36H32F6I2N4O4. The van der Waals surface area contributed by atoms with Gasteiger partial charge >= 0.3 is 0 Å². The smallest absolute Gasteiger partial charge is 0.277 e. The molecule has 6 rings (SSSR count). The number of carbonyl (C=O) groups excluding carboxylic acids is 2. The van der Waals surface area contributed by atoms with Crippen molar-refractivity contribution in [1.29, 1.82) is 0 Å². The maximum atomic E-state index is 14.3. The second-order valence-electron chi connectivity index (χ2n) is 12.4. The van der Waals surface area contributed by atoms with Crippen LogP contribution in [0.3, 0.4) is 0 Å². The first-order chi connectivity index (χ1) is 24.7. The summed E-state index contributed by atoms with van der Waals surface area (Å²) in [6.07, 6.45) is 4.09. The molecule has 276 valence electrons. The van der Waals surface area contributed by atoms with E-state index in [1.165, 1.54) is 0 Å². The minimum absolute atomic E-state index is 0.330. The highest BCUT2D eigenvalue weighted by atomic mass is 127. The van der Waals surface area contributed by atoms with Gasteiger partial charge in [-0.05, 0) is 156 Å². The monoisotopic (exact) mass is 952 g/mol. The Kier molecular flexibility index (Phi) is 13.3. The predicted octanol–water partition coefficient (Wildman–Crippen LogP) is 9.66. The van der Waals surface area contributed by atoms with E-state index in [9.17, 15) is 35.9 Å². The molecule has 2 saturated carbocycles. The van der Waals surface area contributed by atoms with Crippen LogP contribution in [0.15, 0.2) is 48.5 Å². The number of halogens is 8. The van der Waals surface area contributed by atoms with Crippen LogP contribution in [0.25, 0.3) is 0 Å². The van der Waals surface area contributed by atoms with Crippen molar-refractivity contribution >= 4 is 79.7 Å². The molecule has 2 fully saturated rings. The number of hydrogen-bond donors (Lipinski definition) is 4. The first-order valence-corrected chi connectivity index (χ1v) is 18.1. The van der Waals surface area contributed by atoms with Crippen molar-refractivity contribution < 1.29 is 45.6 Å². The highest BCUT2D eigenvalue weighted by Gasteiger charge is 2.27. The standard InChI is InChI=1S/2C18H16F3IN2O2/c2*1-9-6-11(22)4-5-14(9)23-17-12(7-13(19)15(20)16(17)21)18(25)24-26-8-10-2-3-10/h2*4-7,10,23H,2-3,8H2,1H3,(H,24,25). The fourth-order valence-corrected chi connectivity index (χ4v) is 6.02. The number of anilines is 4. The summed E-state index contributed by atoms with van der Waals surface area (Å²) in [4.78, 5) is 34.7. The third-order valence-electron chi connectivity index (χ3n) is 8.07. The van der Waals surface area contributed by atoms with Crippen molar-refractivity contribution in [2.24, 2.45) is 11.8 Å². The Morgan fingerprint density at radius 2 is 0.981 bits per heavy atom. The molecule has 0 radical (unpaired) electrons. The lowest BCUT2D eigenvalue weighted by atomic mass is 10.1. The van der Waals surface area contributed by atoms with E-state index in [4.69, 9.17) is 9.68 Å². The van der Waals surface area contributed by atoms with Crippen LogP contribution in [0.5, 0.6) is 0 Å². The Hall–Kier alpha value is -3.62. The van der Waals surface area contributed by atoms with E-state index < -0.39 is 58.1 Å². The summed E-state index contributed by atoms with van der Waals surface area (Å²) in [7, 11) is 0. The Morgan fingerprint density at radius 1 is 0.615 bits per heavy atom. The van der Waals surface area contributed by atoms with Crippen molar-refractivity contribution in [1.82, 2.24) is 11.0 Å². The van der Waals surface area contributed by atoms with Gasteiger partial charge in [0.15, 0.2) is 34.9 Å². The minimum atomic E-state index is -1.65. The number of nitrogens with one attached hydrogen (secondary N) is 4. The summed E-state index contributed by atoms with van der Waals surface area (Å²) in [5, 5.41) is 5.39. The maximum Gasteiger partial charge on any atom is 0.277 e. The van der Waals surface area contributed by atoms with Gasteiger partial charge in [0.05, 0.1) is 35.7 Å². The van der Waals surface area contributed by atoms with E-state index >= 15 is 0 Å². The Bertz CT molecular complexity index is 1850. The van der Waals surface area contributed by atoms with Gasteiger partial charge in [0, 0.05) is 18.5 Å². The quantitative estimate of drug-likeness (QED) is 0.0489. The summed E-state index contributed by atoms with van der Waals surface area (Å²) < 4.78 is 85.3. The number of hydroxylamine groups is 2. The molecule has 0 bridgehead atoms. The average molecular weight is 952 g/mol.